The lowest BCUT2D eigenvalue weighted by molar-refractivity contribution is -0.138. The molecule has 0 spiro atoms. The van der Waals surface area contributed by atoms with E-state index in [9.17, 15) is 9.59 Å². The summed E-state index contributed by atoms with van der Waals surface area (Å²) >= 11 is 1.50. The molecule has 1 aromatic heterocycles. The third-order valence-electron chi connectivity index (χ3n) is 6.41. The van der Waals surface area contributed by atoms with Crippen molar-refractivity contribution in [2.75, 3.05) is 6.61 Å². The number of nitrogens with one attached hydrogen (secondary N) is 1. The van der Waals surface area contributed by atoms with Crippen LogP contribution in [0.5, 0.6) is 5.75 Å². The molecule has 1 atom stereocenters. The molecule has 1 amide bonds. The summed E-state index contributed by atoms with van der Waals surface area (Å²) in [6.07, 6.45) is 4.58. The number of benzene rings is 3. The Morgan fingerprint density at radius 1 is 0.905 bits per heavy atom. The van der Waals surface area contributed by atoms with E-state index in [1.54, 1.807) is 19.9 Å². The van der Waals surface area contributed by atoms with Gasteiger partial charge in [-0.05, 0) is 73.7 Å². The van der Waals surface area contributed by atoms with Crippen LogP contribution in [0.25, 0.3) is 6.08 Å². The molecule has 42 heavy (non-hydrogen) atoms. The molecule has 216 valence electrons. The lowest BCUT2D eigenvalue weighted by Gasteiger charge is -2.17. The fourth-order valence-electron chi connectivity index (χ4n) is 4.37. The number of carbonyl (C=O) groups excluding carboxylic acids is 2. The summed E-state index contributed by atoms with van der Waals surface area (Å²) in [4.78, 5) is 29.9. The van der Waals surface area contributed by atoms with Crippen LogP contribution in [0, 0.1) is 0 Å². The zero-order valence-corrected chi connectivity index (χ0v) is 25.0. The van der Waals surface area contributed by atoms with Crippen molar-refractivity contribution in [1.29, 1.82) is 0 Å². The lowest BCUT2D eigenvalue weighted by atomic mass is 10.1. The van der Waals surface area contributed by atoms with E-state index in [4.69, 9.17) is 14.5 Å². The van der Waals surface area contributed by atoms with Gasteiger partial charge >= 0.3 is 5.97 Å². The van der Waals surface area contributed by atoms with Crippen molar-refractivity contribution < 1.29 is 19.1 Å². The Hall–Kier alpha value is -4.49. The van der Waals surface area contributed by atoms with Crippen LogP contribution in [0.4, 0.5) is 0 Å². The molecular weight excluding hydrogens is 544 g/mol. The third-order valence-corrected chi connectivity index (χ3v) is 7.39. The molecule has 0 saturated heterocycles. The topological polar surface area (TPSA) is 77.5 Å². The van der Waals surface area contributed by atoms with Crippen molar-refractivity contribution in [3.8, 4) is 5.75 Å². The first kappa shape index (κ1) is 30.5. The van der Waals surface area contributed by atoms with Crippen LogP contribution in [0.1, 0.15) is 54.2 Å². The van der Waals surface area contributed by atoms with Crippen LogP contribution in [0.3, 0.4) is 0 Å². The lowest BCUT2D eigenvalue weighted by Crippen LogP contribution is -2.31. The Balaban J connectivity index is 1.48. The van der Waals surface area contributed by atoms with E-state index in [1.165, 1.54) is 11.3 Å². The summed E-state index contributed by atoms with van der Waals surface area (Å²) in [6.45, 7) is 6.28. The predicted molar refractivity (Wildman–Crippen MR) is 168 cm³/mol. The molecule has 7 heteroatoms. The highest BCUT2D eigenvalue weighted by molar-refractivity contribution is 7.09. The zero-order chi connectivity index (χ0) is 29.7. The molecule has 1 heterocycles. The Morgan fingerprint density at radius 2 is 1.57 bits per heavy atom. The average Bonchev–Trinajstić information content (AvgIpc) is 3.45. The van der Waals surface area contributed by atoms with Crippen molar-refractivity contribution in [2.24, 2.45) is 0 Å². The Morgan fingerprint density at radius 3 is 2.24 bits per heavy atom. The number of thiazole rings is 1. The van der Waals surface area contributed by atoms with Gasteiger partial charge in [-0.25, -0.2) is 9.78 Å². The molecule has 3 aromatic carbocycles. The normalized spacial score (nSPS) is 12.5. The van der Waals surface area contributed by atoms with Gasteiger partial charge in [0.15, 0.2) is 0 Å². The second-order valence-electron chi connectivity index (χ2n) is 9.95. The minimum absolute atomic E-state index is 0.0644. The first-order valence-corrected chi connectivity index (χ1v) is 14.9. The van der Waals surface area contributed by atoms with Crippen LogP contribution in [0.15, 0.2) is 108 Å². The average molecular weight is 581 g/mol. The highest BCUT2D eigenvalue weighted by Gasteiger charge is 2.19. The van der Waals surface area contributed by atoms with Gasteiger partial charge in [0.05, 0.1) is 24.8 Å². The van der Waals surface area contributed by atoms with Gasteiger partial charge < -0.3 is 14.8 Å². The molecule has 0 saturated carbocycles. The largest absolute Gasteiger partial charge is 0.489 e. The highest BCUT2D eigenvalue weighted by atomic mass is 32.1. The van der Waals surface area contributed by atoms with Crippen molar-refractivity contribution in [3.05, 3.63) is 135 Å². The van der Waals surface area contributed by atoms with Crippen LogP contribution in [-0.4, -0.2) is 23.5 Å². The summed E-state index contributed by atoms with van der Waals surface area (Å²) in [5.74, 6) is 0.392. The summed E-state index contributed by atoms with van der Waals surface area (Å²) in [5.41, 5.74) is 5.31. The SMILES string of the molecule is CCOC(=O)C(C)=CC(C)=Cc1csc([C@H](Cc2ccc(OCc3ccccc3)cc2)NC(=O)Cc2ccccc2)n1. The van der Waals surface area contributed by atoms with Crippen molar-refractivity contribution >= 4 is 29.3 Å². The van der Waals surface area contributed by atoms with E-state index in [2.05, 4.69) is 5.32 Å². The first-order valence-electron chi connectivity index (χ1n) is 14.0. The second kappa shape index (κ2) is 15.5. The van der Waals surface area contributed by atoms with Crippen molar-refractivity contribution in [1.82, 2.24) is 10.3 Å². The van der Waals surface area contributed by atoms with E-state index >= 15 is 0 Å². The minimum atomic E-state index is -0.332. The van der Waals surface area contributed by atoms with Crippen LogP contribution < -0.4 is 10.1 Å². The Kier molecular flexibility index (Phi) is 11.2. The molecule has 4 rings (SSSR count). The zero-order valence-electron chi connectivity index (χ0n) is 24.2. The van der Waals surface area contributed by atoms with E-state index in [1.807, 2.05) is 103 Å². The van der Waals surface area contributed by atoms with Crippen LogP contribution >= 0.6 is 11.3 Å². The quantitative estimate of drug-likeness (QED) is 0.102. The van der Waals surface area contributed by atoms with Gasteiger partial charge in [0, 0.05) is 11.0 Å². The molecule has 0 unspecified atom stereocenters. The predicted octanol–water partition coefficient (Wildman–Crippen LogP) is 7.28. The van der Waals surface area contributed by atoms with E-state index in [0.29, 0.717) is 31.6 Å². The number of aromatic nitrogens is 1. The van der Waals surface area contributed by atoms with Gasteiger partial charge in [-0.2, -0.15) is 0 Å². The molecule has 4 aromatic rings. The number of nitrogens with zero attached hydrogens (tertiary/aromatic N) is 1. The van der Waals surface area contributed by atoms with Gasteiger partial charge in [0.1, 0.15) is 17.4 Å². The maximum Gasteiger partial charge on any atom is 0.333 e. The number of allylic oxidation sites excluding steroid dienone is 2. The standard InChI is InChI=1S/C35H36N2O4S/c1-4-40-35(39)26(3)19-25(2)20-30-24-42-34(36-30)32(37-33(38)22-27-11-7-5-8-12-27)21-28-15-17-31(18-16-28)41-23-29-13-9-6-10-14-29/h5-20,24,32H,4,21-23H2,1-3H3,(H,37,38)/t32-/m0/s1. The Labute approximate surface area is 251 Å². The van der Waals surface area contributed by atoms with Crippen molar-refractivity contribution in [2.45, 2.75) is 46.3 Å². The minimum Gasteiger partial charge on any atom is -0.489 e. The number of esters is 1. The van der Waals surface area contributed by atoms with Crippen molar-refractivity contribution in [3.63, 3.8) is 0 Å². The molecule has 0 bridgehead atoms. The molecule has 1 N–H and O–H groups in total. The smallest absolute Gasteiger partial charge is 0.333 e. The fraction of sp³-hybridized carbons (Fsp3) is 0.229. The molecule has 0 aliphatic rings. The molecule has 0 aliphatic heterocycles. The highest BCUT2D eigenvalue weighted by Crippen LogP contribution is 2.25. The Bertz CT molecular complexity index is 1510. The van der Waals surface area contributed by atoms with Gasteiger partial charge in [-0.15, -0.1) is 11.3 Å². The van der Waals surface area contributed by atoms with Gasteiger partial charge in [-0.1, -0.05) is 72.8 Å². The number of hydrogen-bond donors (Lipinski definition) is 1. The van der Waals surface area contributed by atoms with Crippen LogP contribution in [0.2, 0.25) is 0 Å². The first-order chi connectivity index (χ1) is 20.4. The monoisotopic (exact) mass is 580 g/mol. The maximum atomic E-state index is 13.1. The van der Waals surface area contributed by atoms with Crippen LogP contribution in [-0.2, 0) is 33.8 Å². The summed E-state index contributed by atoms with van der Waals surface area (Å²) in [7, 11) is 0. The molecule has 6 nitrogen and oxygen atoms in total. The summed E-state index contributed by atoms with van der Waals surface area (Å²) in [6, 6.07) is 27.4. The van der Waals surface area contributed by atoms with Gasteiger partial charge in [0.25, 0.3) is 0 Å². The molecular formula is C35H36N2O4S. The summed E-state index contributed by atoms with van der Waals surface area (Å²) < 4.78 is 11.0. The third kappa shape index (κ3) is 9.56. The summed E-state index contributed by atoms with van der Waals surface area (Å²) in [5, 5.41) is 5.98. The van der Waals surface area contributed by atoms with Gasteiger partial charge in [-0.3, -0.25) is 4.79 Å². The van der Waals surface area contributed by atoms with E-state index < -0.39 is 0 Å². The van der Waals surface area contributed by atoms with Gasteiger partial charge in [0.2, 0.25) is 5.91 Å². The second-order valence-corrected chi connectivity index (χ2v) is 10.8. The number of ether oxygens (including phenoxy) is 2. The molecule has 0 fully saturated rings. The number of carbonyl (C=O) groups is 2. The number of amides is 1. The van der Waals surface area contributed by atoms with E-state index in [0.717, 1.165) is 38.7 Å². The number of rotatable bonds is 13. The molecule has 0 radical (unpaired) electrons. The number of hydrogen-bond acceptors (Lipinski definition) is 6. The van der Waals surface area contributed by atoms with E-state index in [-0.39, 0.29) is 17.9 Å². The fourth-order valence-corrected chi connectivity index (χ4v) is 5.20. The maximum absolute atomic E-state index is 13.1. The molecule has 0 aliphatic carbocycles.